The van der Waals surface area contributed by atoms with E-state index in [1.54, 1.807) is 6.07 Å². The van der Waals surface area contributed by atoms with Crippen molar-refractivity contribution in [2.24, 2.45) is 5.73 Å². The summed E-state index contributed by atoms with van der Waals surface area (Å²) in [5, 5.41) is 0. The van der Waals surface area contributed by atoms with E-state index < -0.39 is 29.3 Å². The lowest BCUT2D eigenvalue weighted by Gasteiger charge is -2.15. The fourth-order valence-electron chi connectivity index (χ4n) is 2.05. The molecule has 6 heteroatoms. The van der Waals surface area contributed by atoms with Crippen molar-refractivity contribution in [2.75, 3.05) is 7.11 Å². The second-order valence-electron chi connectivity index (χ2n) is 4.51. The quantitative estimate of drug-likeness (QED) is 0.693. The molecule has 0 aromatic heterocycles. The van der Waals surface area contributed by atoms with Gasteiger partial charge in [-0.3, -0.25) is 0 Å². The number of hydrogen-bond acceptors (Lipinski definition) is 2. The average molecular weight is 299 g/mol. The summed E-state index contributed by atoms with van der Waals surface area (Å²) in [5.74, 6) is -4.82. The normalized spacial score (nSPS) is 12.3. The van der Waals surface area contributed by atoms with Crippen molar-refractivity contribution >= 4 is 0 Å². The predicted octanol–water partition coefficient (Wildman–Crippen LogP) is 3.49. The van der Waals surface area contributed by atoms with Gasteiger partial charge in [0.2, 0.25) is 0 Å². The van der Waals surface area contributed by atoms with Crippen LogP contribution >= 0.6 is 0 Å². The Morgan fingerprint density at radius 1 is 1.00 bits per heavy atom. The van der Waals surface area contributed by atoms with E-state index >= 15 is 0 Å². The third-order valence-corrected chi connectivity index (χ3v) is 3.17. The smallest absolute Gasteiger partial charge is 0.194 e. The molecule has 2 aromatic carbocycles. The maximum absolute atomic E-state index is 14.0. The third kappa shape index (κ3) is 3.00. The first-order valence-electron chi connectivity index (χ1n) is 6.16. The predicted molar refractivity (Wildman–Crippen MR) is 69.9 cm³/mol. The minimum atomic E-state index is -1.59. The molecule has 1 atom stereocenters. The van der Waals surface area contributed by atoms with Crippen LogP contribution in [0.2, 0.25) is 0 Å². The lowest BCUT2D eigenvalue weighted by atomic mass is 9.98. The molecule has 1 unspecified atom stereocenters. The first kappa shape index (κ1) is 15.3. The Labute approximate surface area is 119 Å². The number of ether oxygens (including phenoxy) is 1. The van der Waals surface area contributed by atoms with E-state index in [-0.39, 0.29) is 23.3 Å². The van der Waals surface area contributed by atoms with Gasteiger partial charge in [0, 0.05) is 11.6 Å². The van der Waals surface area contributed by atoms with E-state index in [1.165, 1.54) is 19.2 Å². The number of rotatable bonds is 4. The van der Waals surface area contributed by atoms with Crippen molar-refractivity contribution in [3.8, 4) is 5.75 Å². The summed E-state index contributed by atoms with van der Waals surface area (Å²) >= 11 is 0. The molecule has 0 saturated heterocycles. The number of methoxy groups -OCH3 is 1. The first-order chi connectivity index (χ1) is 9.95. The van der Waals surface area contributed by atoms with Gasteiger partial charge in [-0.2, -0.15) is 0 Å². The van der Waals surface area contributed by atoms with E-state index in [9.17, 15) is 17.6 Å². The molecule has 0 amide bonds. The SMILES string of the molecule is COc1cccc(CC(N)c2ccc(F)c(F)c2F)c1F. The molecular formula is C15H13F4NO. The molecule has 0 bridgehead atoms. The number of halogens is 4. The Morgan fingerprint density at radius 3 is 2.38 bits per heavy atom. The minimum Gasteiger partial charge on any atom is -0.494 e. The number of benzene rings is 2. The second-order valence-corrected chi connectivity index (χ2v) is 4.51. The topological polar surface area (TPSA) is 35.2 Å². The lowest BCUT2D eigenvalue weighted by molar-refractivity contribution is 0.383. The van der Waals surface area contributed by atoms with Crippen molar-refractivity contribution in [3.63, 3.8) is 0 Å². The Kier molecular flexibility index (Phi) is 4.47. The van der Waals surface area contributed by atoms with Crippen molar-refractivity contribution < 1.29 is 22.3 Å². The minimum absolute atomic E-state index is 0.0328. The van der Waals surface area contributed by atoms with Crippen molar-refractivity contribution in [1.82, 2.24) is 0 Å². The highest BCUT2D eigenvalue weighted by Crippen LogP contribution is 2.26. The lowest BCUT2D eigenvalue weighted by Crippen LogP contribution is -2.17. The van der Waals surface area contributed by atoms with Crippen LogP contribution in [0.3, 0.4) is 0 Å². The van der Waals surface area contributed by atoms with Crippen LogP contribution in [0.15, 0.2) is 30.3 Å². The van der Waals surface area contributed by atoms with Crippen LogP contribution in [-0.2, 0) is 6.42 Å². The average Bonchev–Trinajstić information content (AvgIpc) is 2.47. The molecule has 2 N–H and O–H groups in total. The van der Waals surface area contributed by atoms with E-state index in [4.69, 9.17) is 10.5 Å². The fourth-order valence-corrected chi connectivity index (χ4v) is 2.05. The summed E-state index contributed by atoms with van der Waals surface area (Å²) in [4.78, 5) is 0. The molecule has 0 aliphatic carbocycles. The molecule has 2 aromatic rings. The Balaban J connectivity index is 2.31. The van der Waals surface area contributed by atoms with Crippen LogP contribution in [0.5, 0.6) is 5.75 Å². The molecule has 0 spiro atoms. The van der Waals surface area contributed by atoms with Crippen molar-refractivity contribution in [2.45, 2.75) is 12.5 Å². The van der Waals surface area contributed by atoms with Gasteiger partial charge < -0.3 is 10.5 Å². The molecule has 2 nitrogen and oxygen atoms in total. The van der Waals surface area contributed by atoms with E-state index in [0.29, 0.717) is 0 Å². The third-order valence-electron chi connectivity index (χ3n) is 3.17. The zero-order chi connectivity index (χ0) is 15.6. The highest BCUT2D eigenvalue weighted by Gasteiger charge is 2.20. The molecule has 0 radical (unpaired) electrons. The molecule has 2 rings (SSSR count). The van der Waals surface area contributed by atoms with E-state index in [0.717, 1.165) is 12.1 Å². The summed E-state index contributed by atoms with van der Waals surface area (Å²) < 4.78 is 58.5. The standard InChI is InChI=1S/C15H13F4NO/c1-21-12-4-2-3-8(13(12)17)7-11(20)9-5-6-10(16)15(19)14(9)18/h2-6,11H,7,20H2,1H3. The monoisotopic (exact) mass is 299 g/mol. The summed E-state index contributed by atoms with van der Waals surface area (Å²) in [5.41, 5.74) is 5.76. The molecule has 0 fully saturated rings. The maximum atomic E-state index is 14.0. The van der Waals surface area contributed by atoms with Crippen LogP contribution in [-0.4, -0.2) is 7.11 Å². The number of hydrogen-bond donors (Lipinski definition) is 1. The molecule has 0 saturated carbocycles. The molecule has 112 valence electrons. The zero-order valence-corrected chi connectivity index (χ0v) is 11.2. The zero-order valence-electron chi connectivity index (χ0n) is 11.2. The highest BCUT2D eigenvalue weighted by molar-refractivity contribution is 5.33. The van der Waals surface area contributed by atoms with Crippen molar-refractivity contribution in [1.29, 1.82) is 0 Å². The van der Waals surface area contributed by atoms with Gasteiger partial charge in [0.15, 0.2) is 29.0 Å². The summed E-state index contributed by atoms with van der Waals surface area (Å²) in [7, 11) is 1.32. The van der Waals surface area contributed by atoms with Crippen LogP contribution in [0.4, 0.5) is 17.6 Å². The molecule has 0 aliphatic heterocycles. The van der Waals surface area contributed by atoms with Gasteiger partial charge in [-0.15, -0.1) is 0 Å². The Hall–Kier alpha value is -2.08. The van der Waals surface area contributed by atoms with Gasteiger partial charge in [0.25, 0.3) is 0 Å². The molecule has 0 heterocycles. The van der Waals surface area contributed by atoms with Crippen LogP contribution in [0, 0.1) is 23.3 Å². The Morgan fingerprint density at radius 2 is 1.71 bits per heavy atom. The van der Waals surface area contributed by atoms with Crippen LogP contribution < -0.4 is 10.5 Å². The molecular weight excluding hydrogens is 286 g/mol. The summed E-state index contributed by atoms with van der Waals surface area (Å²) in [6.45, 7) is 0. The second kappa shape index (κ2) is 6.13. The van der Waals surface area contributed by atoms with Crippen molar-refractivity contribution in [3.05, 3.63) is 64.7 Å². The molecule has 21 heavy (non-hydrogen) atoms. The van der Waals surface area contributed by atoms with E-state index in [1.807, 2.05) is 0 Å². The number of nitrogens with two attached hydrogens (primary N) is 1. The fraction of sp³-hybridized carbons (Fsp3) is 0.200. The van der Waals surface area contributed by atoms with Gasteiger partial charge in [-0.05, 0) is 24.1 Å². The van der Waals surface area contributed by atoms with Gasteiger partial charge in [0.1, 0.15) is 0 Å². The summed E-state index contributed by atoms with van der Waals surface area (Å²) in [6, 6.07) is 5.29. The first-order valence-corrected chi connectivity index (χ1v) is 6.16. The van der Waals surface area contributed by atoms with Gasteiger partial charge in [-0.1, -0.05) is 18.2 Å². The van der Waals surface area contributed by atoms with Gasteiger partial charge in [0.05, 0.1) is 7.11 Å². The van der Waals surface area contributed by atoms with Crippen LogP contribution in [0.1, 0.15) is 17.2 Å². The van der Waals surface area contributed by atoms with Crippen LogP contribution in [0.25, 0.3) is 0 Å². The molecule has 0 aliphatic rings. The van der Waals surface area contributed by atoms with E-state index in [2.05, 4.69) is 0 Å². The maximum Gasteiger partial charge on any atom is 0.194 e. The van der Waals surface area contributed by atoms with Gasteiger partial charge in [-0.25, -0.2) is 17.6 Å². The summed E-state index contributed by atoms with van der Waals surface area (Å²) in [6.07, 6.45) is -0.0783. The largest absolute Gasteiger partial charge is 0.494 e. The van der Waals surface area contributed by atoms with Gasteiger partial charge >= 0.3 is 0 Å². The Bertz CT molecular complexity index is 660. The highest BCUT2D eigenvalue weighted by atomic mass is 19.2.